The lowest BCUT2D eigenvalue weighted by Crippen LogP contribution is -2.45. The molecular weight excluding hydrogens is 252 g/mol. The Morgan fingerprint density at radius 3 is 2.60 bits per heavy atom. The molecular formula is C16H26N2O2. The fourth-order valence-corrected chi connectivity index (χ4v) is 2.69. The maximum absolute atomic E-state index is 9.37. The van der Waals surface area contributed by atoms with Crippen LogP contribution in [0.3, 0.4) is 0 Å². The van der Waals surface area contributed by atoms with Gasteiger partial charge in [0.25, 0.3) is 0 Å². The molecule has 0 spiro atoms. The minimum atomic E-state index is 0.177. The van der Waals surface area contributed by atoms with Gasteiger partial charge in [-0.2, -0.15) is 0 Å². The van der Waals surface area contributed by atoms with Gasteiger partial charge in [-0.15, -0.1) is 0 Å². The van der Waals surface area contributed by atoms with Crippen LogP contribution in [0.2, 0.25) is 0 Å². The van der Waals surface area contributed by atoms with Crippen molar-refractivity contribution in [2.75, 3.05) is 38.3 Å². The number of ether oxygens (including phenoxy) is 1. The van der Waals surface area contributed by atoms with E-state index < -0.39 is 0 Å². The SMILES string of the molecule is CC(C)NCC1(CN(C)c2ccc(O)cc2)CCOC1. The second kappa shape index (κ2) is 6.46. The maximum Gasteiger partial charge on any atom is 0.115 e. The number of anilines is 1. The highest BCUT2D eigenvalue weighted by molar-refractivity contribution is 5.48. The van der Waals surface area contributed by atoms with Gasteiger partial charge in [0, 0.05) is 43.9 Å². The highest BCUT2D eigenvalue weighted by Crippen LogP contribution is 2.31. The highest BCUT2D eigenvalue weighted by Gasteiger charge is 2.36. The fourth-order valence-electron chi connectivity index (χ4n) is 2.69. The third-order valence-corrected chi connectivity index (χ3v) is 3.93. The number of benzene rings is 1. The van der Waals surface area contributed by atoms with Crippen LogP contribution in [0, 0.1) is 5.41 Å². The van der Waals surface area contributed by atoms with E-state index in [4.69, 9.17) is 4.74 Å². The van der Waals surface area contributed by atoms with E-state index in [1.165, 1.54) is 0 Å². The maximum atomic E-state index is 9.37. The number of hydrogen-bond donors (Lipinski definition) is 2. The van der Waals surface area contributed by atoms with Crippen molar-refractivity contribution in [3.05, 3.63) is 24.3 Å². The first-order valence-electron chi connectivity index (χ1n) is 7.32. The lowest BCUT2D eigenvalue weighted by Gasteiger charge is -2.34. The van der Waals surface area contributed by atoms with Gasteiger partial charge in [0.05, 0.1) is 6.61 Å². The molecule has 0 amide bonds. The molecule has 0 aromatic heterocycles. The Balaban J connectivity index is 2.02. The van der Waals surface area contributed by atoms with E-state index in [0.717, 1.165) is 38.4 Å². The Labute approximate surface area is 121 Å². The molecule has 1 saturated heterocycles. The number of hydrogen-bond acceptors (Lipinski definition) is 4. The standard InChI is InChI=1S/C16H26N2O2/c1-13(2)17-10-16(8-9-20-12-16)11-18(3)14-4-6-15(19)7-5-14/h4-7,13,17,19H,8-12H2,1-3H3. The molecule has 1 heterocycles. The molecule has 1 aromatic rings. The van der Waals surface area contributed by atoms with Gasteiger partial charge < -0.3 is 20.1 Å². The Morgan fingerprint density at radius 2 is 2.05 bits per heavy atom. The van der Waals surface area contributed by atoms with Gasteiger partial charge in [-0.3, -0.25) is 0 Å². The fraction of sp³-hybridized carbons (Fsp3) is 0.625. The monoisotopic (exact) mass is 278 g/mol. The first-order chi connectivity index (χ1) is 9.51. The van der Waals surface area contributed by atoms with Crippen molar-refractivity contribution < 1.29 is 9.84 Å². The van der Waals surface area contributed by atoms with Gasteiger partial charge in [-0.1, -0.05) is 13.8 Å². The zero-order chi connectivity index (χ0) is 14.6. The van der Waals surface area contributed by atoms with Gasteiger partial charge in [0.2, 0.25) is 0 Å². The van der Waals surface area contributed by atoms with Crippen LogP contribution in [0.4, 0.5) is 5.69 Å². The van der Waals surface area contributed by atoms with Gasteiger partial charge in [-0.05, 0) is 30.7 Å². The zero-order valence-corrected chi connectivity index (χ0v) is 12.7. The van der Waals surface area contributed by atoms with Gasteiger partial charge in [0.15, 0.2) is 0 Å². The normalized spacial score (nSPS) is 22.4. The van der Waals surface area contributed by atoms with Crippen molar-refractivity contribution in [3.63, 3.8) is 0 Å². The van der Waals surface area contributed by atoms with Gasteiger partial charge >= 0.3 is 0 Å². The largest absolute Gasteiger partial charge is 0.508 e. The number of phenols is 1. The van der Waals surface area contributed by atoms with Crippen molar-refractivity contribution in [1.29, 1.82) is 0 Å². The van der Waals surface area contributed by atoms with Crippen LogP contribution in [0.5, 0.6) is 5.75 Å². The molecule has 0 saturated carbocycles. The summed E-state index contributed by atoms with van der Waals surface area (Å²) in [6, 6.07) is 7.86. The Bertz CT molecular complexity index is 411. The van der Waals surface area contributed by atoms with Crippen molar-refractivity contribution in [2.24, 2.45) is 5.41 Å². The summed E-state index contributed by atoms with van der Waals surface area (Å²) < 4.78 is 5.64. The van der Waals surface area contributed by atoms with Crippen LogP contribution in [-0.4, -0.2) is 44.5 Å². The second-order valence-corrected chi connectivity index (χ2v) is 6.21. The van der Waals surface area contributed by atoms with Crippen LogP contribution < -0.4 is 10.2 Å². The Morgan fingerprint density at radius 1 is 1.35 bits per heavy atom. The molecule has 1 aliphatic rings. The number of rotatable bonds is 6. The molecule has 0 aliphatic carbocycles. The van der Waals surface area contributed by atoms with E-state index in [0.29, 0.717) is 11.8 Å². The summed E-state index contributed by atoms with van der Waals surface area (Å²) in [6.45, 7) is 7.95. The van der Waals surface area contributed by atoms with E-state index in [-0.39, 0.29) is 5.41 Å². The predicted molar refractivity (Wildman–Crippen MR) is 82.4 cm³/mol. The number of nitrogens with zero attached hydrogens (tertiary/aromatic N) is 1. The van der Waals surface area contributed by atoms with E-state index in [9.17, 15) is 5.11 Å². The minimum Gasteiger partial charge on any atom is -0.508 e. The molecule has 20 heavy (non-hydrogen) atoms. The summed E-state index contributed by atoms with van der Waals surface area (Å²) >= 11 is 0. The quantitative estimate of drug-likeness (QED) is 0.837. The number of phenolic OH excluding ortho intramolecular Hbond substituents is 1. The molecule has 1 aliphatic heterocycles. The second-order valence-electron chi connectivity index (χ2n) is 6.21. The predicted octanol–water partition coefficient (Wildman–Crippen LogP) is 2.23. The Kier molecular flexibility index (Phi) is 4.89. The van der Waals surface area contributed by atoms with Crippen LogP contribution in [0.25, 0.3) is 0 Å². The van der Waals surface area contributed by atoms with Crippen molar-refractivity contribution in [2.45, 2.75) is 26.3 Å². The van der Waals surface area contributed by atoms with Crippen molar-refractivity contribution >= 4 is 5.69 Å². The molecule has 1 unspecified atom stereocenters. The molecule has 2 rings (SSSR count). The average Bonchev–Trinajstić information content (AvgIpc) is 2.86. The summed E-state index contributed by atoms with van der Waals surface area (Å²) in [4.78, 5) is 2.25. The molecule has 0 radical (unpaired) electrons. The van der Waals surface area contributed by atoms with Gasteiger partial charge in [-0.25, -0.2) is 0 Å². The average molecular weight is 278 g/mol. The van der Waals surface area contributed by atoms with Crippen LogP contribution in [0.1, 0.15) is 20.3 Å². The molecule has 1 atom stereocenters. The first-order valence-corrected chi connectivity index (χ1v) is 7.32. The molecule has 1 fully saturated rings. The molecule has 4 nitrogen and oxygen atoms in total. The summed E-state index contributed by atoms with van der Waals surface area (Å²) in [5.41, 5.74) is 1.30. The number of nitrogens with one attached hydrogen (secondary N) is 1. The lowest BCUT2D eigenvalue weighted by molar-refractivity contribution is 0.151. The first kappa shape index (κ1) is 15.1. The smallest absolute Gasteiger partial charge is 0.115 e. The summed E-state index contributed by atoms with van der Waals surface area (Å²) in [6.07, 6.45) is 1.09. The topological polar surface area (TPSA) is 44.7 Å². The molecule has 2 N–H and O–H groups in total. The Hall–Kier alpha value is -1.26. The molecule has 4 heteroatoms. The van der Waals surface area contributed by atoms with E-state index in [1.54, 1.807) is 12.1 Å². The van der Waals surface area contributed by atoms with Crippen molar-refractivity contribution in [3.8, 4) is 5.75 Å². The van der Waals surface area contributed by atoms with E-state index in [2.05, 4.69) is 31.1 Å². The molecule has 1 aromatic carbocycles. The highest BCUT2D eigenvalue weighted by atomic mass is 16.5. The lowest BCUT2D eigenvalue weighted by atomic mass is 9.86. The van der Waals surface area contributed by atoms with E-state index in [1.807, 2.05) is 12.1 Å². The van der Waals surface area contributed by atoms with Gasteiger partial charge in [0.1, 0.15) is 5.75 Å². The van der Waals surface area contributed by atoms with Crippen LogP contribution in [0.15, 0.2) is 24.3 Å². The minimum absolute atomic E-state index is 0.177. The molecule has 0 bridgehead atoms. The van der Waals surface area contributed by atoms with Crippen molar-refractivity contribution in [1.82, 2.24) is 5.32 Å². The zero-order valence-electron chi connectivity index (χ0n) is 12.7. The third-order valence-electron chi connectivity index (χ3n) is 3.93. The summed E-state index contributed by atoms with van der Waals surface area (Å²) in [7, 11) is 2.10. The van der Waals surface area contributed by atoms with E-state index >= 15 is 0 Å². The summed E-state index contributed by atoms with van der Waals surface area (Å²) in [5.74, 6) is 0.308. The summed E-state index contributed by atoms with van der Waals surface area (Å²) in [5, 5.41) is 12.9. The number of aromatic hydroxyl groups is 1. The van der Waals surface area contributed by atoms with Crippen LogP contribution in [-0.2, 0) is 4.74 Å². The molecule has 112 valence electrons. The van der Waals surface area contributed by atoms with Crippen LogP contribution >= 0.6 is 0 Å². The third kappa shape index (κ3) is 3.87.